The molecule has 0 saturated heterocycles. The molecule has 1 atom stereocenters. The second-order valence-corrected chi connectivity index (χ2v) is 10.1. The van der Waals surface area contributed by atoms with Crippen LogP contribution in [0.1, 0.15) is 24.1 Å². The maximum absolute atomic E-state index is 13.7. The summed E-state index contributed by atoms with van der Waals surface area (Å²) in [5.74, 6) is 2.01. The molecule has 6 rings (SSSR count). The van der Waals surface area contributed by atoms with Crippen molar-refractivity contribution in [3.8, 4) is 22.2 Å². The maximum atomic E-state index is 13.7. The lowest BCUT2D eigenvalue weighted by atomic mass is 9.94. The average molecular weight is 551 g/mol. The predicted octanol–water partition coefficient (Wildman–Crippen LogP) is 5.92. The first-order chi connectivity index (χ1) is 19.6. The molecule has 0 fully saturated rings. The number of aromatic nitrogens is 4. The lowest BCUT2D eigenvalue weighted by Gasteiger charge is -2.29. The number of nitrogens with one attached hydrogen (secondary N) is 2. The number of pyridine rings is 1. The summed E-state index contributed by atoms with van der Waals surface area (Å²) in [6.07, 6.45) is 3.27. The monoisotopic (exact) mass is 550 g/mol. The number of hydrogen-bond donors (Lipinski definition) is 2. The molecule has 1 aliphatic heterocycles. The Kier molecular flexibility index (Phi) is 6.98. The molecule has 1 amide bonds. The van der Waals surface area contributed by atoms with Crippen molar-refractivity contribution in [1.82, 2.24) is 19.7 Å². The van der Waals surface area contributed by atoms with E-state index in [0.29, 0.717) is 46.8 Å². The van der Waals surface area contributed by atoms with Crippen LogP contribution in [0, 0.1) is 0 Å². The third-order valence-electron chi connectivity index (χ3n) is 6.50. The highest BCUT2D eigenvalue weighted by Gasteiger charge is 2.35. The van der Waals surface area contributed by atoms with Crippen LogP contribution in [-0.2, 0) is 11.4 Å². The molecule has 2 N–H and O–H groups in total. The van der Waals surface area contributed by atoms with Gasteiger partial charge in [-0.3, -0.25) is 9.78 Å². The Labute approximate surface area is 235 Å². The van der Waals surface area contributed by atoms with Gasteiger partial charge in [0.05, 0.1) is 29.4 Å². The van der Waals surface area contributed by atoms with Gasteiger partial charge in [-0.1, -0.05) is 42.5 Å². The van der Waals surface area contributed by atoms with Crippen molar-refractivity contribution in [3.05, 3.63) is 113 Å². The standard InChI is InChI=1S/C30H26N6O3S/c1-19-26(29(37)33-22-10-6-14-31-17-22)27(36-30(32-19)34-28(35-36)25-11-7-15-40-25)21-12-13-23(24(16-21)38-2)39-18-20-8-4-3-5-9-20/h3-17,27H,18H2,1-2H3,(H,33,37)(H,32,34,35). The van der Waals surface area contributed by atoms with Crippen LogP contribution in [0.3, 0.4) is 0 Å². The number of anilines is 2. The van der Waals surface area contributed by atoms with Gasteiger partial charge >= 0.3 is 0 Å². The number of fused-ring (bicyclic) bond motifs is 1. The van der Waals surface area contributed by atoms with Crippen molar-refractivity contribution in [2.24, 2.45) is 0 Å². The van der Waals surface area contributed by atoms with E-state index >= 15 is 0 Å². The van der Waals surface area contributed by atoms with E-state index in [2.05, 4.69) is 15.6 Å². The Morgan fingerprint density at radius 3 is 2.70 bits per heavy atom. The van der Waals surface area contributed by atoms with E-state index in [1.165, 1.54) is 0 Å². The van der Waals surface area contributed by atoms with E-state index in [9.17, 15) is 4.79 Å². The number of ether oxygens (including phenoxy) is 2. The number of amides is 1. The van der Waals surface area contributed by atoms with Gasteiger partial charge in [0.1, 0.15) is 12.6 Å². The molecular weight excluding hydrogens is 524 g/mol. The number of thiophene rings is 1. The number of benzene rings is 2. The lowest BCUT2D eigenvalue weighted by molar-refractivity contribution is -0.113. The van der Waals surface area contributed by atoms with Crippen molar-refractivity contribution in [2.45, 2.75) is 19.6 Å². The molecule has 0 aliphatic carbocycles. The molecule has 40 heavy (non-hydrogen) atoms. The van der Waals surface area contributed by atoms with Crippen LogP contribution in [0.25, 0.3) is 10.7 Å². The summed E-state index contributed by atoms with van der Waals surface area (Å²) in [5.41, 5.74) is 3.61. The first-order valence-corrected chi connectivity index (χ1v) is 13.5. The summed E-state index contributed by atoms with van der Waals surface area (Å²) in [6.45, 7) is 2.27. The van der Waals surface area contributed by atoms with Crippen molar-refractivity contribution < 1.29 is 14.3 Å². The summed E-state index contributed by atoms with van der Waals surface area (Å²) in [6, 6.07) is 22.5. The van der Waals surface area contributed by atoms with Gasteiger partial charge in [0.15, 0.2) is 17.3 Å². The number of nitrogens with zero attached hydrogens (tertiary/aromatic N) is 4. The van der Waals surface area contributed by atoms with E-state index in [-0.39, 0.29) is 5.91 Å². The minimum absolute atomic E-state index is 0.273. The summed E-state index contributed by atoms with van der Waals surface area (Å²) in [7, 11) is 1.60. The fourth-order valence-corrected chi connectivity index (χ4v) is 5.26. The number of rotatable bonds is 8. The van der Waals surface area contributed by atoms with Crippen LogP contribution in [0.5, 0.6) is 11.5 Å². The van der Waals surface area contributed by atoms with Gasteiger partial charge < -0.3 is 20.1 Å². The molecule has 9 nitrogen and oxygen atoms in total. The fourth-order valence-electron chi connectivity index (χ4n) is 4.61. The molecule has 1 unspecified atom stereocenters. The minimum atomic E-state index is -0.578. The third-order valence-corrected chi connectivity index (χ3v) is 7.36. The Morgan fingerprint density at radius 1 is 1.07 bits per heavy atom. The zero-order chi connectivity index (χ0) is 27.5. The normalized spacial score (nSPS) is 14.3. The molecular formula is C30H26N6O3S. The molecule has 4 heterocycles. The summed E-state index contributed by atoms with van der Waals surface area (Å²) in [4.78, 5) is 23.5. The fraction of sp³-hybridized carbons (Fsp3) is 0.133. The number of carbonyl (C=O) groups is 1. The topological polar surface area (TPSA) is 103 Å². The average Bonchev–Trinajstić information content (AvgIpc) is 3.67. The largest absolute Gasteiger partial charge is 0.493 e. The molecule has 200 valence electrons. The van der Waals surface area contributed by atoms with Gasteiger partial charge in [0.2, 0.25) is 5.95 Å². The zero-order valence-corrected chi connectivity index (χ0v) is 22.7. The van der Waals surface area contributed by atoms with Crippen molar-refractivity contribution in [3.63, 3.8) is 0 Å². The van der Waals surface area contributed by atoms with Gasteiger partial charge in [-0.15, -0.1) is 16.4 Å². The molecule has 0 saturated carbocycles. The number of hydrogen-bond acceptors (Lipinski definition) is 8. The second kappa shape index (κ2) is 11.0. The van der Waals surface area contributed by atoms with E-state index in [4.69, 9.17) is 19.6 Å². The van der Waals surface area contributed by atoms with Gasteiger partial charge in [-0.05, 0) is 53.8 Å². The Morgan fingerprint density at radius 2 is 1.95 bits per heavy atom. The van der Waals surface area contributed by atoms with Gasteiger partial charge in [0.25, 0.3) is 5.91 Å². The Balaban J connectivity index is 1.39. The third kappa shape index (κ3) is 5.04. The Hall–Kier alpha value is -4.96. The summed E-state index contributed by atoms with van der Waals surface area (Å²) < 4.78 is 13.6. The maximum Gasteiger partial charge on any atom is 0.255 e. The quantitative estimate of drug-likeness (QED) is 0.247. The minimum Gasteiger partial charge on any atom is -0.493 e. The lowest BCUT2D eigenvalue weighted by Crippen LogP contribution is -2.31. The number of carbonyl (C=O) groups excluding carboxylic acids is 1. The second-order valence-electron chi connectivity index (χ2n) is 9.13. The van der Waals surface area contributed by atoms with E-state index < -0.39 is 6.04 Å². The number of methoxy groups -OCH3 is 1. The molecule has 1 aliphatic rings. The summed E-state index contributed by atoms with van der Waals surface area (Å²) >= 11 is 1.56. The summed E-state index contributed by atoms with van der Waals surface area (Å²) in [5, 5.41) is 13.1. The van der Waals surface area contributed by atoms with E-state index in [1.807, 2.05) is 73.0 Å². The van der Waals surface area contributed by atoms with E-state index in [1.54, 1.807) is 47.7 Å². The molecule has 0 spiro atoms. The van der Waals surface area contributed by atoms with Crippen LogP contribution in [-0.4, -0.2) is 32.8 Å². The van der Waals surface area contributed by atoms with Gasteiger partial charge in [0, 0.05) is 11.9 Å². The van der Waals surface area contributed by atoms with Crippen molar-refractivity contribution >= 4 is 28.9 Å². The smallest absolute Gasteiger partial charge is 0.255 e. The SMILES string of the molecule is COc1cc(C2C(C(=O)Nc3cccnc3)=C(C)Nc3nc(-c4cccs4)nn32)ccc1OCc1ccccc1. The highest BCUT2D eigenvalue weighted by atomic mass is 32.1. The highest BCUT2D eigenvalue weighted by Crippen LogP contribution is 2.40. The highest BCUT2D eigenvalue weighted by molar-refractivity contribution is 7.13. The number of allylic oxidation sites excluding steroid dienone is 1. The van der Waals surface area contributed by atoms with Crippen LogP contribution >= 0.6 is 11.3 Å². The molecule has 5 aromatic rings. The van der Waals surface area contributed by atoms with Crippen molar-refractivity contribution in [2.75, 3.05) is 17.7 Å². The molecule has 3 aromatic heterocycles. The van der Waals surface area contributed by atoms with Crippen molar-refractivity contribution in [1.29, 1.82) is 0 Å². The van der Waals surface area contributed by atoms with Gasteiger partial charge in [-0.25, -0.2) is 4.68 Å². The first-order valence-electron chi connectivity index (χ1n) is 12.6. The van der Waals surface area contributed by atoms with Crippen LogP contribution in [0.15, 0.2) is 102 Å². The van der Waals surface area contributed by atoms with Crippen LogP contribution in [0.2, 0.25) is 0 Å². The molecule has 0 radical (unpaired) electrons. The van der Waals surface area contributed by atoms with Gasteiger partial charge in [-0.2, -0.15) is 4.98 Å². The molecule has 2 aromatic carbocycles. The molecule has 10 heteroatoms. The van der Waals surface area contributed by atoms with Crippen LogP contribution in [0.4, 0.5) is 11.6 Å². The first kappa shape index (κ1) is 25.3. The molecule has 0 bridgehead atoms. The predicted molar refractivity (Wildman–Crippen MR) is 154 cm³/mol. The van der Waals surface area contributed by atoms with Crippen LogP contribution < -0.4 is 20.1 Å². The zero-order valence-electron chi connectivity index (χ0n) is 21.9. The van der Waals surface area contributed by atoms with E-state index in [0.717, 1.165) is 16.0 Å². The Bertz CT molecular complexity index is 1670.